The second kappa shape index (κ2) is 19.1. The summed E-state index contributed by atoms with van der Waals surface area (Å²) in [6, 6.07) is 9.72. The normalized spacial score (nSPS) is 22.5. The van der Waals surface area contributed by atoms with E-state index in [-0.39, 0.29) is 49.7 Å². The lowest BCUT2D eigenvalue weighted by atomic mass is 9.84. The number of aromatic nitrogens is 2. The highest BCUT2D eigenvalue weighted by molar-refractivity contribution is 5.96. The zero-order valence-corrected chi connectivity index (χ0v) is 39.1. The van der Waals surface area contributed by atoms with Gasteiger partial charge in [0.1, 0.15) is 22.7 Å². The maximum Gasteiger partial charge on any atom is 0.324 e. The van der Waals surface area contributed by atoms with Crippen LogP contribution in [0.3, 0.4) is 0 Å². The Kier molecular flexibility index (Phi) is 13.5. The van der Waals surface area contributed by atoms with Gasteiger partial charge in [0.25, 0.3) is 11.9 Å². The third-order valence-electron chi connectivity index (χ3n) is 13.4. The quantitative estimate of drug-likeness (QED) is 0.0728. The van der Waals surface area contributed by atoms with Crippen LogP contribution in [-0.2, 0) is 54.6 Å². The van der Waals surface area contributed by atoms with Gasteiger partial charge in [0.2, 0.25) is 11.8 Å². The highest BCUT2D eigenvalue weighted by atomic mass is 16.5. The molecule has 17 heteroatoms. The first-order chi connectivity index (χ1) is 31.6. The lowest BCUT2D eigenvalue weighted by molar-refractivity contribution is -0.732. The van der Waals surface area contributed by atoms with E-state index in [4.69, 9.17) is 9.47 Å². The topological polar surface area (TPSA) is 201 Å². The van der Waals surface area contributed by atoms with Crippen LogP contribution in [-0.4, -0.2) is 135 Å². The first-order valence-electron chi connectivity index (χ1n) is 23.2. The third kappa shape index (κ3) is 9.65. The summed E-state index contributed by atoms with van der Waals surface area (Å²) in [6.45, 7) is 12.7. The Morgan fingerprint density at radius 1 is 1.11 bits per heavy atom. The van der Waals surface area contributed by atoms with Gasteiger partial charge in [0.15, 0.2) is 6.04 Å². The number of phenolic OH excluding ortho intramolecular Hbond substituents is 1. The number of cyclic esters (lactones) is 1. The number of aryl methyl sites for hydroxylation is 1. The molecule has 66 heavy (non-hydrogen) atoms. The second-order valence-electron chi connectivity index (χ2n) is 19.4. The molecule has 3 fully saturated rings. The number of methoxy groups -OCH3 is 1. The summed E-state index contributed by atoms with van der Waals surface area (Å²) in [4.78, 5) is 76.8. The zero-order valence-electron chi connectivity index (χ0n) is 39.1. The van der Waals surface area contributed by atoms with Gasteiger partial charge in [0.05, 0.1) is 43.4 Å². The lowest BCUT2D eigenvalue weighted by Crippen LogP contribution is -2.62. The Morgan fingerprint density at radius 2 is 1.89 bits per heavy atom. The molecular weight excluding hydrogens is 843 g/mol. The highest BCUT2D eigenvalue weighted by Crippen LogP contribution is 2.41. The predicted octanol–water partition coefficient (Wildman–Crippen LogP) is 4.11. The molecule has 352 valence electrons. The number of hydrazine groups is 2. The van der Waals surface area contributed by atoms with Gasteiger partial charge < -0.3 is 34.7 Å². The molecule has 0 spiro atoms. The number of ether oxygens (including phenoxy) is 2. The predicted molar refractivity (Wildman–Crippen MR) is 247 cm³/mol. The average molecular weight is 907 g/mol. The molecule has 4 aliphatic heterocycles. The molecule has 0 unspecified atom stereocenters. The number of nitrogens with one attached hydrogen (secondary N) is 3. The van der Waals surface area contributed by atoms with E-state index in [9.17, 15) is 29.2 Å². The highest BCUT2D eigenvalue weighted by Gasteiger charge is 2.46. The van der Waals surface area contributed by atoms with Crippen LogP contribution >= 0.6 is 0 Å². The van der Waals surface area contributed by atoms with E-state index in [0.29, 0.717) is 57.5 Å². The molecule has 2 aromatic carbocycles. The first kappa shape index (κ1) is 46.6. The molecule has 5 atom stereocenters. The largest absolute Gasteiger partial charge is 0.508 e. The van der Waals surface area contributed by atoms with Crippen molar-refractivity contribution in [1.82, 2.24) is 40.5 Å². The van der Waals surface area contributed by atoms with Crippen molar-refractivity contribution in [3.8, 4) is 28.1 Å². The minimum absolute atomic E-state index is 0.00882. The summed E-state index contributed by atoms with van der Waals surface area (Å²) in [5.41, 5.74) is 9.74. The maximum absolute atomic E-state index is 14.7. The molecule has 3 amide bonds. The molecule has 4 aromatic rings. The fourth-order valence-corrected chi connectivity index (χ4v) is 10.0. The summed E-state index contributed by atoms with van der Waals surface area (Å²) in [5, 5.41) is 21.1. The van der Waals surface area contributed by atoms with E-state index in [1.807, 2.05) is 38.2 Å². The number of amides is 3. The van der Waals surface area contributed by atoms with Crippen LogP contribution in [0.1, 0.15) is 70.6 Å². The van der Waals surface area contributed by atoms with E-state index in [0.717, 1.165) is 49.3 Å². The summed E-state index contributed by atoms with van der Waals surface area (Å²) in [5.74, 6) is -1.88. The summed E-state index contributed by atoms with van der Waals surface area (Å²) in [7, 11) is 3.24. The van der Waals surface area contributed by atoms with Crippen molar-refractivity contribution in [2.24, 2.45) is 11.3 Å². The van der Waals surface area contributed by atoms with Gasteiger partial charge in [-0.2, -0.15) is 0 Å². The molecule has 17 nitrogen and oxygen atoms in total. The van der Waals surface area contributed by atoms with Crippen LogP contribution < -0.4 is 16.1 Å². The van der Waals surface area contributed by atoms with E-state index in [1.54, 1.807) is 37.4 Å². The number of hydrogen-bond donors (Lipinski definition) is 4. The number of fused-ring (bicyclic) bond motifs is 6. The Balaban J connectivity index is 1.17. The Labute approximate surface area is 385 Å². The number of carbonyl (C=O) groups excluding carboxylic acids is 4. The number of carbonyl (C=O) groups is 4. The Bertz CT molecular complexity index is 2520. The van der Waals surface area contributed by atoms with Crippen molar-refractivity contribution in [3.05, 3.63) is 76.5 Å². The van der Waals surface area contributed by atoms with Gasteiger partial charge in [-0.3, -0.25) is 29.2 Å². The molecular formula is C49H64N9O8+. The minimum atomic E-state index is -1.16. The molecule has 4 aliphatic rings. The van der Waals surface area contributed by atoms with Crippen molar-refractivity contribution in [3.63, 3.8) is 0 Å². The SMILES string of the molecule is CCn1c(-c2cnccc2COC)c2c3cc(ccc31)-c1cc(O)cc(c1)C[C@H](NC(=O)[C@H](C(C)C)N(C)[N+](=O)[C@H]1CCN(C(=O)[C@@H]3CN3)C1)C(=O)N1CCC[C@H](N1)C(=O)OCC(C)(C)C2. The molecule has 8 rings (SSSR count). The average Bonchev–Trinajstić information content (AvgIpc) is 3.95. The van der Waals surface area contributed by atoms with E-state index in [2.05, 4.69) is 58.5 Å². The van der Waals surface area contributed by atoms with Crippen LogP contribution in [0.5, 0.6) is 5.75 Å². The summed E-state index contributed by atoms with van der Waals surface area (Å²) >= 11 is 0. The molecule has 0 radical (unpaired) electrons. The molecule has 3 saturated heterocycles. The number of likely N-dealkylation sites (tertiary alicyclic amines) is 1. The second-order valence-corrected chi connectivity index (χ2v) is 19.4. The van der Waals surface area contributed by atoms with Gasteiger partial charge in [-0.25, -0.2) is 5.43 Å². The fourth-order valence-electron chi connectivity index (χ4n) is 10.0. The molecule has 6 bridgehead atoms. The number of nitroso groups, excluding NO2 is 1. The number of rotatable bonds is 11. The number of phenols is 1. The van der Waals surface area contributed by atoms with Gasteiger partial charge in [-0.15, -0.1) is 5.01 Å². The van der Waals surface area contributed by atoms with Gasteiger partial charge in [-0.1, -0.05) is 39.8 Å². The molecule has 0 saturated carbocycles. The molecule has 0 aliphatic carbocycles. The van der Waals surface area contributed by atoms with Crippen LogP contribution in [0, 0.1) is 16.2 Å². The molecule has 4 N–H and O–H groups in total. The summed E-state index contributed by atoms with van der Waals surface area (Å²) < 4.78 is 14.0. The number of benzene rings is 2. The standard InChI is InChI=1S/C49H63N9O8/c1-8-56-42-12-11-31-22-36(42)37(44(56)38-24-50-15-13-32(38)27-65-7)23-49(4,5)28-66-48(63)39-10-9-16-57(53-39)47(62)40(20-30-18-33(31)21-35(59)19-30)52-45(60)43(29(2)3)54(6)58(64)34-14-17-55(26-34)46(61)41-25-51-41/h11-13,15,18-19,21-22,24,29,34,39-41,43,51,53H,8-10,14,16-17,20,23,25-28H2,1-7H3,(H-,52,59,60)/p+1/t34-,39-,40-,41-,43-/m0/s1. The van der Waals surface area contributed by atoms with E-state index >= 15 is 0 Å². The van der Waals surface area contributed by atoms with Crippen molar-refractivity contribution < 1.29 is 38.6 Å². The van der Waals surface area contributed by atoms with E-state index in [1.165, 1.54) is 10.0 Å². The van der Waals surface area contributed by atoms with Crippen LogP contribution in [0.25, 0.3) is 33.3 Å². The first-order valence-corrected chi connectivity index (χ1v) is 23.2. The number of esters is 1. The van der Waals surface area contributed by atoms with Crippen LogP contribution in [0.15, 0.2) is 54.9 Å². The van der Waals surface area contributed by atoms with E-state index < -0.39 is 47.4 Å². The number of likely N-dealkylation sites (N-methyl/N-ethyl adjacent to an activating group) is 1. The third-order valence-corrected chi connectivity index (χ3v) is 13.4. The van der Waals surface area contributed by atoms with Gasteiger partial charge in [0, 0.05) is 80.4 Å². The molecule has 2 aromatic heterocycles. The van der Waals surface area contributed by atoms with Gasteiger partial charge >= 0.3 is 5.97 Å². The number of nitrogens with zero attached hydrogens (tertiary/aromatic N) is 6. The zero-order chi connectivity index (χ0) is 47.0. The fraction of sp³-hybridized carbons (Fsp3) is 0.531. The Hall–Kier alpha value is -5.91. The number of aromatic hydroxyl groups is 1. The van der Waals surface area contributed by atoms with Crippen molar-refractivity contribution >= 4 is 34.6 Å². The smallest absolute Gasteiger partial charge is 0.324 e. The van der Waals surface area contributed by atoms with Crippen molar-refractivity contribution in [2.75, 3.05) is 46.9 Å². The van der Waals surface area contributed by atoms with Crippen molar-refractivity contribution in [1.29, 1.82) is 0 Å². The van der Waals surface area contributed by atoms with Gasteiger partial charge in [-0.05, 0) is 90.3 Å². The monoisotopic (exact) mass is 906 g/mol. The maximum atomic E-state index is 14.7. The van der Waals surface area contributed by atoms with Crippen LogP contribution in [0.2, 0.25) is 0 Å². The van der Waals surface area contributed by atoms with Crippen LogP contribution in [0.4, 0.5) is 0 Å². The Morgan fingerprint density at radius 3 is 2.62 bits per heavy atom. The number of pyridine rings is 1. The lowest BCUT2D eigenvalue weighted by Gasteiger charge is -2.36. The summed E-state index contributed by atoms with van der Waals surface area (Å²) in [6.07, 6.45) is 5.59. The minimum Gasteiger partial charge on any atom is -0.508 e. The molecule has 6 heterocycles. The number of hydrogen-bond acceptors (Lipinski definition) is 11. The van der Waals surface area contributed by atoms with Crippen molar-refractivity contribution in [2.45, 2.75) is 110 Å².